The van der Waals surface area contributed by atoms with E-state index < -0.39 is 22.0 Å². The van der Waals surface area contributed by atoms with Gasteiger partial charge in [-0.15, -0.1) is 0 Å². The van der Waals surface area contributed by atoms with Gasteiger partial charge in [-0.25, -0.2) is 13.8 Å². The number of nitrogens with one attached hydrogen (secondary N) is 1. The lowest BCUT2D eigenvalue weighted by molar-refractivity contribution is -0.124. The first kappa shape index (κ1) is 23.8. The highest BCUT2D eigenvalue weighted by atomic mass is 35.5. The van der Waals surface area contributed by atoms with Gasteiger partial charge in [-0.2, -0.15) is 9.41 Å². The Kier molecular flexibility index (Phi) is 7.11. The highest BCUT2D eigenvalue weighted by molar-refractivity contribution is 7.89. The van der Waals surface area contributed by atoms with Crippen LogP contribution in [-0.4, -0.2) is 37.4 Å². The molecule has 0 spiro atoms. The van der Waals surface area contributed by atoms with Crippen molar-refractivity contribution >= 4 is 56.9 Å². The van der Waals surface area contributed by atoms with E-state index in [0.29, 0.717) is 45.0 Å². The maximum Gasteiger partial charge on any atom is 0.258 e. The van der Waals surface area contributed by atoms with Gasteiger partial charge in [0.2, 0.25) is 10.0 Å². The fourth-order valence-electron chi connectivity index (χ4n) is 3.53. The van der Waals surface area contributed by atoms with Crippen LogP contribution in [0.5, 0.6) is 0 Å². The van der Waals surface area contributed by atoms with E-state index in [1.54, 1.807) is 30.3 Å². The van der Waals surface area contributed by atoms with Crippen molar-refractivity contribution in [2.75, 3.05) is 6.54 Å². The predicted octanol–water partition coefficient (Wildman–Crippen LogP) is 5.21. The molecule has 172 valence electrons. The Morgan fingerprint density at radius 3 is 2.61 bits per heavy atom. The lowest BCUT2D eigenvalue weighted by atomic mass is 10.2. The molecule has 4 rings (SSSR count). The smallest absolute Gasteiger partial charge is 0.258 e. The fraction of sp³-hybridized carbons (Fsp3) is 0.182. The summed E-state index contributed by atoms with van der Waals surface area (Å²) in [6, 6.07) is 13.5. The van der Waals surface area contributed by atoms with Gasteiger partial charge in [0.1, 0.15) is 17.6 Å². The van der Waals surface area contributed by atoms with E-state index in [9.17, 15) is 13.2 Å². The van der Waals surface area contributed by atoms with Crippen LogP contribution in [0.15, 0.2) is 69.0 Å². The first-order valence-corrected chi connectivity index (χ1v) is 12.5. The lowest BCUT2D eigenvalue weighted by Crippen LogP contribution is -2.44. The average Bonchev–Trinajstić information content (AvgIpc) is 3.46. The molecule has 11 heteroatoms. The number of halogens is 3. The van der Waals surface area contributed by atoms with Crippen molar-refractivity contribution < 1.29 is 17.6 Å². The van der Waals surface area contributed by atoms with Crippen LogP contribution in [0.1, 0.15) is 18.6 Å². The molecule has 1 aliphatic heterocycles. The van der Waals surface area contributed by atoms with Crippen LogP contribution in [0.3, 0.4) is 0 Å². The molecule has 7 nitrogen and oxygen atoms in total. The number of benzene rings is 2. The predicted molar refractivity (Wildman–Crippen MR) is 128 cm³/mol. The molecule has 1 saturated heterocycles. The maximum atomic E-state index is 13.0. The number of hydrazone groups is 1. The molecule has 1 atom stereocenters. The van der Waals surface area contributed by atoms with Gasteiger partial charge in [0.25, 0.3) is 5.91 Å². The summed E-state index contributed by atoms with van der Waals surface area (Å²) in [6.07, 6.45) is 2.29. The summed E-state index contributed by atoms with van der Waals surface area (Å²) in [5.74, 6) is 0.343. The standard InChI is InChI=1S/C22H18Cl3N3O4S/c23-14-6-9-16(10-7-14)33(30,31)28-12-2-5-19(28)22(29)27-26-13-15-8-11-20(32-15)17-3-1-4-18(24)21(17)25/h1,3-4,6-11,13,19H,2,5,12H2,(H,27,29)/b26-13-/t19-/m0/s1. The second-order valence-electron chi connectivity index (χ2n) is 7.27. The number of amides is 1. The third-order valence-electron chi connectivity index (χ3n) is 5.14. The van der Waals surface area contributed by atoms with Crippen LogP contribution >= 0.6 is 34.8 Å². The number of furan rings is 1. The summed E-state index contributed by atoms with van der Waals surface area (Å²) in [6.45, 7) is 0.245. The van der Waals surface area contributed by atoms with Gasteiger partial charge in [-0.05, 0) is 61.4 Å². The van der Waals surface area contributed by atoms with Crippen molar-refractivity contribution in [1.82, 2.24) is 9.73 Å². The summed E-state index contributed by atoms with van der Waals surface area (Å²) in [4.78, 5) is 12.8. The van der Waals surface area contributed by atoms with Crippen molar-refractivity contribution in [3.63, 3.8) is 0 Å². The number of sulfonamides is 1. The molecule has 1 aliphatic rings. The van der Waals surface area contributed by atoms with Crippen LogP contribution in [-0.2, 0) is 14.8 Å². The normalized spacial score (nSPS) is 17.0. The molecule has 33 heavy (non-hydrogen) atoms. The van der Waals surface area contributed by atoms with Gasteiger partial charge < -0.3 is 4.42 Å². The highest BCUT2D eigenvalue weighted by Crippen LogP contribution is 2.34. The van der Waals surface area contributed by atoms with E-state index in [4.69, 9.17) is 39.2 Å². The number of hydrogen-bond acceptors (Lipinski definition) is 5. The van der Waals surface area contributed by atoms with Crippen LogP contribution in [0.2, 0.25) is 15.1 Å². The summed E-state index contributed by atoms with van der Waals surface area (Å²) < 4.78 is 32.8. The van der Waals surface area contributed by atoms with Gasteiger partial charge in [0.05, 0.1) is 21.2 Å². The van der Waals surface area contributed by atoms with Gasteiger partial charge >= 0.3 is 0 Å². The van der Waals surface area contributed by atoms with Crippen LogP contribution in [0.25, 0.3) is 11.3 Å². The molecule has 1 N–H and O–H groups in total. The SMILES string of the molecule is O=C(N/N=C\c1ccc(-c2cccc(Cl)c2Cl)o1)[C@@H]1CCCN1S(=O)(=O)c1ccc(Cl)cc1. The number of rotatable bonds is 6. The number of carbonyl (C=O) groups is 1. The van der Waals surface area contributed by atoms with Crippen LogP contribution in [0, 0.1) is 0 Å². The van der Waals surface area contributed by atoms with Gasteiger partial charge in [-0.1, -0.05) is 40.9 Å². The molecule has 1 aromatic heterocycles. The third kappa shape index (κ3) is 5.10. The Morgan fingerprint density at radius 1 is 1.09 bits per heavy atom. The minimum atomic E-state index is -3.84. The quantitative estimate of drug-likeness (QED) is 0.352. The highest BCUT2D eigenvalue weighted by Gasteiger charge is 2.39. The van der Waals surface area contributed by atoms with E-state index >= 15 is 0 Å². The maximum absolute atomic E-state index is 13.0. The minimum absolute atomic E-state index is 0.0814. The monoisotopic (exact) mass is 525 g/mol. The van der Waals surface area contributed by atoms with Gasteiger partial charge in [0.15, 0.2) is 0 Å². The Hall–Kier alpha value is -2.36. The summed E-state index contributed by atoms with van der Waals surface area (Å²) in [7, 11) is -3.84. The molecule has 0 unspecified atom stereocenters. The van der Waals surface area contributed by atoms with E-state index in [-0.39, 0.29) is 11.4 Å². The number of nitrogens with zero attached hydrogens (tertiary/aromatic N) is 2. The Labute approximate surface area is 206 Å². The molecule has 1 amide bonds. The molecule has 0 radical (unpaired) electrons. The second-order valence-corrected chi connectivity index (χ2v) is 10.4. The van der Waals surface area contributed by atoms with E-state index in [0.717, 1.165) is 0 Å². The zero-order valence-corrected chi connectivity index (χ0v) is 20.1. The van der Waals surface area contributed by atoms with Crippen LogP contribution in [0.4, 0.5) is 0 Å². The van der Waals surface area contributed by atoms with Crippen molar-refractivity contribution in [3.05, 3.63) is 75.4 Å². The lowest BCUT2D eigenvalue weighted by Gasteiger charge is -2.22. The Bertz CT molecular complexity index is 1310. The van der Waals surface area contributed by atoms with E-state index in [1.165, 1.54) is 34.8 Å². The number of carbonyl (C=O) groups excluding carboxylic acids is 1. The Balaban J connectivity index is 1.44. The van der Waals surface area contributed by atoms with E-state index in [1.807, 2.05) is 0 Å². The molecule has 0 aliphatic carbocycles. The van der Waals surface area contributed by atoms with Crippen molar-refractivity contribution in [2.24, 2.45) is 5.10 Å². The zero-order chi connectivity index (χ0) is 23.6. The Morgan fingerprint density at radius 2 is 1.85 bits per heavy atom. The number of hydrogen-bond donors (Lipinski definition) is 1. The third-order valence-corrected chi connectivity index (χ3v) is 8.13. The molecular formula is C22H18Cl3N3O4S. The molecule has 2 heterocycles. The second kappa shape index (κ2) is 9.87. The molecule has 0 saturated carbocycles. The van der Waals surface area contributed by atoms with Crippen molar-refractivity contribution in [1.29, 1.82) is 0 Å². The molecular weight excluding hydrogens is 509 g/mol. The van der Waals surface area contributed by atoms with Gasteiger partial charge in [-0.3, -0.25) is 4.79 Å². The van der Waals surface area contributed by atoms with Crippen LogP contribution < -0.4 is 5.43 Å². The van der Waals surface area contributed by atoms with E-state index in [2.05, 4.69) is 10.5 Å². The molecule has 2 aromatic carbocycles. The van der Waals surface area contributed by atoms with Crippen molar-refractivity contribution in [3.8, 4) is 11.3 Å². The molecule has 0 bridgehead atoms. The minimum Gasteiger partial charge on any atom is -0.455 e. The topological polar surface area (TPSA) is 92.0 Å². The molecule has 3 aromatic rings. The largest absolute Gasteiger partial charge is 0.455 e. The van der Waals surface area contributed by atoms with Gasteiger partial charge in [0, 0.05) is 17.1 Å². The first-order chi connectivity index (χ1) is 15.8. The fourth-order valence-corrected chi connectivity index (χ4v) is 5.70. The average molecular weight is 527 g/mol. The van der Waals surface area contributed by atoms with Crippen molar-refractivity contribution in [2.45, 2.75) is 23.8 Å². The summed E-state index contributed by atoms with van der Waals surface area (Å²) in [5, 5.41) is 5.12. The summed E-state index contributed by atoms with van der Waals surface area (Å²) >= 11 is 18.1. The first-order valence-electron chi connectivity index (χ1n) is 9.92. The summed E-state index contributed by atoms with van der Waals surface area (Å²) in [5.41, 5.74) is 3.03. The molecule has 1 fully saturated rings. The zero-order valence-electron chi connectivity index (χ0n) is 17.0.